The van der Waals surface area contributed by atoms with Crippen molar-refractivity contribution in [3.05, 3.63) is 12.3 Å². The molecule has 0 aromatic carbocycles. The molecule has 0 amide bonds. The lowest BCUT2D eigenvalue weighted by molar-refractivity contribution is 0.135. The van der Waals surface area contributed by atoms with Crippen LogP contribution in [0.5, 0.6) is 0 Å². The van der Waals surface area contributed by atoms with Gasteiger partial charge in [-0.05, 0) is 51.1 Å². The largest absolute Gasteiger partial charge is 0.356 e. The third-order valence-electron chi connectivity index (χ3n) is 7.16. The summed E-state index contributed by atoms with van der Waals surface area (Å²) >= 11 is 0. The predicted molar refractivity (Wildman–Crippen MR) is 133 cm³/mol. The zero-order chi connectivity index (χ0) is 21.7. The average Bonchev–Trinajstić information content (AvgIpc) is 3.08. The molecule has 1 atom stereocenters. The zero-order valence-electron chi connectivity index (χ0n) is 20.3. The van der Waals surface area contributed by atoms with E-state index in [9.17, 15) is 0 Å². The van der Waals surface area contributed by atoms with Crippen LogP contribution in [0.4, 0.5) is 11.8 Å². The van der Waals surface area contributed by atoms with Gasteiger partial charge in [0.2, 0.25) is 5.95 Å². The summed E-state index contributed by atoms with van der Waals surface area (Å²) in [5.41, 5.74) is 0. The lowest BCUT2D eigenvalue weighted by Crippen LogP contribution is -2.47. The lowest BCUT2D eigenvalue weighted by atomic mass is 9.96. The average molecular weight is 430 g/mol. The summed E-state index contributed by atoms with van der Waals surface area (Å²) in [6, 6.07) is 3.31. The Labute approximate surface area is 191 Å². The molecule has 2 aliphatic rings. The molecule has 2 aliphatic heterocycles. The summed E-state index contributed by atoms with van der Waals surface area (Å²) in [7, 11) is 0. The quantitative estimate of drug-likeness (QED) is 0.397. The normalized spacial score (nSPS) is 20.7. The molecule has 3 rings (SSSR count). The molecule has 2 fully saturated rings. The first-order valence-electron chi connectivity index (χ1n) is 13.4. The van der Waals surface area contributed by atoms with E-state index in [4.69, 9.17) is 4.98 Å². The van der Waals surface area contributed by atoms with Crippen molar-refractivity contribution in [2.45, 2.75) is 116 Å². The van der Waals surface area contributed by atoms with E-state index >= 15 is 0 Å². The molecule has 0 aliphatic carbocycles. The topological polar surface area (TPSA) is 44.3 Å². The van der Waals surface area contributed by atoms with E-state index in [2.05, 4.69) is 40.0 Å². The number of hydrogen-bond acceptors (Lipinski definition) is 5. The highest BCUT2D eigenvalue weighted by Gasteiger charge is 2.26. The van der Waals surface area contributed by atoms with Crippen molar-refractivity contribution in [2.24, 2.45) is 0 Å². The van der Waals surface area contributed by atoms with Gasteiger partial charge in [-0.3, -0.25) is 4.90 Å². The Hall–Kier alpha value is -1.36. The molecule has 1 N–H and O–H groups in total. The van der Waals surface area contributed by atoms with Gasteiger partial charge in [-0.2, -0.15) is 4.98 Å². The fraction of sp³-hybridized carbons (Fsp3) is 0.846. The van der Waals surface area contributed by atoms with Crippen LogP contribution in [-0.4, -0.2) is 53.1 Å². The number of hydrogen-bond donors (Lipinski definition) is 1. The van der Waals surface area contributed by atoms with Gasteiger partial charge in [-0.25, -0.2) is 4.98 Å². The highest BCUT2D eigenvalue weighted by Crippen LogP contribution is 2.24. The van der Waals surface area contributed by atoms with Crippen molar-refractivity contribution < 1.29 is 0 Å². The zero-order valence-corrected chi connectivity index (χ0v) is 20.3. The number of nitrogens with one attached hydrogen (secondary N) is 1. The van der Waals surface area contributed by atoms with Crippen molar-refractivity contribution in [3.63, 3.8) is 0 Å². The SMILES string of the molecule is CCCCCC(CCCCC)N1CCCC(Nc2nccc(N3CCCCCC3)n2)C1. The second kappa shape index (κ2) is 13.9. The molecule has 0 bridgehead atoms. The standard InChI is InChI=1S/C26H47N5/c1-3-5-9-15-24(16-10-6-4-2)31-21-13-14-23(22-31)28-26-27-18-17-25(29-26)30-19-11-7-8-12-20-30/h17-18,23-24H,3-16,19-22H2,1-2H3,(H,27,28,29). The minimum absolute atomic E-state index is 0.466. The molecule has 176 valence electrons. The van der Waals surface area contributed by atoms with Gasteiger partial charge < -0.3 is 10.2 Å². The smallest absolute Gasteiger partial charge is 0.224 e. The van der Waals surface area contributed by atoms with Crippen LogP contribution < -0.4 is 10.2 Å². The first-order chi connectivity index (χ1) is 15.3. The molecule has 5 nitrogen and oxygen atoms in total. The maximum atomic E-state index is 4.91. The Morgan fingerprint density at radius 1 is 0.935 bits per heavy atom. The van der Waals surface area contributed by atoms with Gasteiger partial charge in [-0.1, -0.05) is 65.2 Å². The van der Waals surface area contributed by atoms with Crippen LogP contribution in [-0.2, 0) is 0 Å². The summed E-state index contributed by atoms with van der Waals surface area (Å²) in [6.07, 6.45) is 20.6. The van der Waals surface area contributed by atoms with Crippen LogP contribution in [0.25, 0.3) is 0 Å². The monoisotopic (exact) mass is 429 g/mol. The van der Waals surface area contributed by atoms with Crippen molar-refractivity contribution in [3.8, 4) is 0 Å². The van der Waals surface area contributed by atoms with Crippen LogP contribution in [0.15, 0.2) is 12.3 Å². The van der Waals surface area contributed by atoms with Crippen LogP contribution in [0.1, 0.15) is 104 Å². The lowest BCUT2D eigenvalue weighted by Gasteiger charge is -2.39. The van der Waals surface area contributed by atoms with Crippen LogP contribution in [0, 0.1) is 0 Å². The van der Waals surface area contributed by atoms with E-state index in [0.29, 0.717) is 6.04 Å². The van der Waals surface area contributed by atoms with Crippen molar-refractivity contribution in [2.75, 3.05) is 36.4 Å². The predicted octanol–water partition coefficient (Wildman–Crippen LogP) is 6.26. The molecule has 3 heterocycles. The molecule has 1 unspecified atom stereocenters. The van der Waals surface area contributed by atoms with Crippen molar-refractivity contribution >= 4 is 11.8 Å². The summed E-state index contributed by atoms with van der Waals surface area (Å²) < 4.78 is 0. The number of unbranched alkanes of at least 4 members (excludes halogenated alkanes) is 4. The number of aromatic nitrogens is 2. The molecule has 0 radical (unpaired) electrons. The molecule has 0 spiro atoms. The third-order valence-corrected chi connectivity index (χ3v) is 7.16. The van der Waals surface area contributed by atoms with Crippen LogP contribution >= 0.6 is 0 Å². The summed E-state index contributed by atoms with van der Waals surface area (Å²) in [6.45, 7) is 9.28. The summed E-state index contributed by atoms with van der Waals surface area (Å²) in [5, 5.41) is 3.70. The van der Waals surface area contributed by atoms with E-state index in [1.165, 1.54) is 96.4 Å². The second-order valence-electron chi connectivity index (χ2n) is 9.76. The molecule has 2 saturated heterocycles. The number of piperidine rings is 1. The van der Waals surface area contributed by atoms with Gasteiger partial charge in [-0.15, -0.1) is 0 Å². The maximum Gasteiger partial charge on any atom is 0.224 e. The molecule has 1 aromatic heterocycles. The first kappa shape index (κ1) is 24.3. The fourth-order valence-corrected chi connectivity index (χ4v) is 5.30. The van der Waals surface area contributed by atoms with Gasteiger partial charge in [0.1, 0.15) is 5.82 Å². The minimum atomic E-state index is 0.466. The molecule has 31 heavy (non-hydrogen) atoms. The molecule has 1 aromatic rings. The van der Waals surface area contributed by atoms with Crippen molar-refractivity contribution in [1.29, 1.82) is 0 Å². The number of anilines is 2. The highest BCUT2D eigenvalue weighted by molar-refractivity contribution is 5.43. The molecular weight excluding hydrogens is 382 g/mol. The van der Waals surface area contributed by atoms with E-state index < -0.39 is 0 Å². The van der Waals surface area contributed by atoms with Crippen LogP contribution in [0.2, 0.25) is 0 Å². The van der Waals surface area contributed by atoms with Crippen LogP contribution in [0.3, 0.4) is 0 Å². The van der Waals surface area contributed by atoms with Crippen molar-refractivity contribution in [1.82, 2.24) is 14.9 Å². The Morgan fingerprint density at radius 2 is 1.65 bits per heavy atom. The number of likely N-dealkylation sites (tertiary alicyclic amines) is 1. The highest BCUT2D eigenvalue weighted by atomic mass is 15.2. The Balaban J connectivity index is 1.56. The maximum absolute atomic E-state index is 4.91. The van der Waals surface area contributed by atoms with Gasteiger partial charge in [0, 0.05) is 37.9 Å². The van der Waals surface area contributed by atoms with Gasteiger partial charge >= 0.3 is 0 Å². The number of nitrogens with zero attached hydrogens (tertiary/aromatic N) is 4. The fourth-order valence-electron chi connectivity index (χ4n) is 5.30. The first-order valence-corrected chi connectivity index (χ1v) is 13.4. The van der Waals surface area contributed by atoms with E-state index in [0.717, 1.165) is 37.4 Å². The van der Waals surface area contributed by atoms with E-state index in [-0.39, 0.29) is 0 Å². The minimum Gasteiger partial charge on any atom is -0.356 e. The Morgan fingerprint density at radius 3 is 2.32 bits per heavy atom. The molecule has 5 heteroatoms. The summed E-state index contributed by atoms with van der Waals surface area (Å²) in [5.74, 6) is 1.92. The summed E-state index contributed by atoms with van der Waals surface area (Å²) in [4.78, 5) is 14.7. The molecule has 0 saturated carbocycles. The molecular formula is C26H47N5. The number of rotatable bonds is 12. The van der Waals surface area contributed by atoms with Gasteiger partial charge in [0.05, 0.1) is 0 Å². The van der Waals surface area contributed by atoms with E-state index in [1.807, 2.05) is 6.20 Å². The Kier molecular flexibility index (Phi) is 10.9. The third kappa shape index (κ3) is 8.25. The van der Waals surface area contributed by atoms with E-state index in [1.54, 1.807) is 0 Å². The van der Waals surface area contributed by atoms with Gasteiger partial charge in [0.25, 0.3) is 0 Å². The van der Waals surface area contributed by atoms with Gasteiger partial charge in [0.15, 0.2) is 0 Å². The second-order valence-corrected chi connectivity index (χ2v) is 9.76. The Bertz CT molecular complexity index is 589.